The summed E-state index contributed by atoms with van der Waals surface area (Å²) in [5.74, 6) is 0. The van der Waals surface area contributed by atoms with E-state index in [0.717, 1.165) is 47.9 Å². The third kappa shape index (κ3) is 3.28. The van der Waals surface area contributed by atoms with Gasteiger partial charge in [0.05, 0.1) is 11.3 Å². The minimum absolute atomic E-state index is 0.380. The number of anilines is 1. The quantitative estimate of drug-likeness (QED) is 0.382. The Morgan fingerprint density at radius 1 is 1.14 bits per heavy atom. The van der Waals surface area contributed by atoms with Crippen molar-refractivity contribution in [1.29, 1.82) is 0 Å². The molecule has 0 aliphatic carbocycles. The molecule has 0 unspecified atom stereocenters. The minimum Gasteiger partial charge on any atom is -0.422 e. The Morgan fingerprint density at radius 2 is 1.97 bits per heavy atom. The van der Waals surface area contributed by atoms with Crippen molar-refractivity contribution >= 4 is 34.1 Å². The lowest BCUT2D eigenvalue weighted by atomic mass is 10.1. The summed E-state index contributed by atoms with van der Waals surface area (Å²) >= 11 is 1.53. The fourth-order valence-electron chi connectivity index (χ4n) is 3.71. The number of imidazole rings is 1. The molecular weight excluding hydrogens is 386 g/mol. The maximum Gasteiger partial charge on any atom is 0.345 e. The molecule has 0 saturated carbocycles. The van der Waals surface area contributed by atoms with Crippen molar-refractivity contribution in [2.45, 2.75) is 5.03 Å². The molecule has 1 aliphatic rings. The van der Waals surface area contributed by atoms with Crippen LogP contribution in [-0.2, 0) is 0 Å². The molecule has 7 nitrogen and oxygen atoms in total. The third-order valence-electron chi connectivity index (χ3n) is 5.40. The summed E-state index contributed by atoms with van der Waals surface area (Å²) < 4.78 is 7.57. The summed E-state index contributed by atoms with van der Waals surface area (Å²) in [5, 5.41) is 1.71. The van der Waals surface area contributed by atoms with Gasteiger partial charge in [-0.15, -0.1) is 11.8 Å². The molecule has 5 rings (SSSR count). The van der Waals surface area contributed by atoms with E-state index in [1.54, 1.807) is 6.20 Å². The van der Waals surface area contributed by atoms with Gasteiger partial charge >= 0.3 is 5.63 Å². The lowest BCUT2D eigenvalue weighted by Crippen LogP contribution is -2.44. The van der Waals surface area contributed by atoms with Gasteiger partial charge in [-0.2, -0.15) is 0 Å². The van der Waals surface area contributed by atoms with E-state index in [1.165, 1.54) is 11.8 Å². The summed E-state index contributed by atoms with van der Waals surface area (Å²) in [4.78, 5) is 26.3. The highest BCUT2D eigenvalue weighted by Gasteiger charge is 2.17. The first-order valence-corrected chi connectivity index (χ1v) is 10.7. The van der Waals surface area contributed by atoms with E-state index in [9.17, 15) is 4.79 Å². The molecule has 3 aromatic heterocycles. The number of nitrogens with zero attached hydrogens (tertiary/aromatic N) is 5. The summed E-state index contributed by atoms with van der Waals surface area (Å²) in [7, 11) is 2.13. The number of benzene rings is 1. The Kier molecular flexibility index (Phi) is 4.52. The van der Waals surface area contributed by atoms with Gasteiger partial charge in [-0.05, 0) is 31.5 Å². The van der Waals surface area contributed by atoms with Crippen LogP contribution in [-0.4, -0.2) is 58.8 Å². The average Bonchev–Trinajstić information content (AvgIpc) is 3.17. The standard InChI is InChI=1S/C21H21N5O2S/c1-24-7-9-25(10-8-24)15-4-3-14-11-16(21(27)28-18(14)12-15)17-13-26-6-5-22-20(29-2)19(26)23-17/h3-6,11-13H,7-10H2,1-2H3. The molecule has 0 spiro atoms. The molecule has 1 fully saturated rings. The molecule has 29 heavy (non-hydrogen) atoms. The van der Waals surface area contributed by atoms with E-state index in [-0.39, 0.29) is 5.63 Å². The van der Waals surface area contributed by atoms with Crippen molar-refractivity contribution in [2.24, 2.45) is 0 Å². The van der Waals surface area contributed by atoms with Crippen molar-refractivity contribution in [3.63, 3.8) is 0 Å². The van der Waals surface area contributed by atoms with E-state index < -0.39 is 0 Å². The van der Waals surface area contributed by atoms with E-state index >= 15 is 0 Å². The van der Waals surface area contributed by atoms with Gasteiger partial charge in [-0.1, -0.05) is 0 Å². The monoisotopic (exact) mass is 407 g/mol. The highest BCUT2D eigenvalue weighted by Crippen LogP contribution is 2.27. The average molecular weight is 407 g/mol. The maximum absolute atomic E-state index is 12.7. The van der Waals surface area contributed by atoms with Gasteiger partial charge in [0.1, 0.15) is 10.6 Å². The van der Waals surface area contributed by atoms with Crippen molar-refractivity contribution in [2.75, 3.05) is 44.4 Å². The normalized spacial score (nSPS) is 15.4. The van der Waals surface area contributed by atoms with E-state index in [2.05, 4.69) is 32.9 Å². The van der Waals surface area contributed by atoms with Crippen LogP contribution in [0, 0.1) is 0 Å². The maximum atomic E-state index is 12.7. The van der Waals surface area contributed by atoms with Crippen LogP contribution in [0.2, 0.25) is 0 Å². The fraction of sp³-hybridized carbons (Fsp3) is 0.286. The van der Waals surface area contributed by atoms with Crippen molar-refractivity contribution in [3.8, 4) is 11.3 Å². The number of thioether (sulfide) groups is 1. The molecule has 1 saturated heterocycles. The SMILES string of the molecule is CSc1nccn2cc(-c3cc4ccc(N5CCN(C)CC5)cc4oc3=O)nc12. The smallest absolute Gasteiger partial charge is 0.345 e. The summed E-state index contributed by atoms with van der Waals surface area (Å²) in [6.45, 7) is 4.00. The molecule has 0 atom stereocenters. The molecule has 0 bridgehead atoms. The number of likely N-dealkylation sites (N-methyl/N-ethyl adjacent to an activating group) is 1. The highest BCUT2D eigenvalue weighted by atomic mass is 32.2. The number of hydrogen-bond donors (Lipinski definition) is 0. The molecule has 1 aliphatic heterocycles. The summed E-state index contributed by atoms with van der Waals surface area (Å²) in [5.41, 5.74) is 3.10. The minimum atomic E-state index is -0.380. The Morgan fingerprint density at radius 3 is 2.76 bits per heavy atom. The first-order chi connectivity index (χ1) is 14.1. The van der Waals surface area contributed by atoms with Crippen LogP contribution in [0.25, 0.3) is 27.9 Å². The van der Waals surface area contributed by atoms with E-state index in [4.69, 9.17) is 4.42 Å². The molecule has 148 valence electrons. The molecule has 4 aromatic rings. The van der Waals surface area contributed by atoms with Crippen molar-refractivity contribution < 1.29 is 4.42 Å². The largest absolute Gasteiger partial charge is 0.422 e. The van der Waals surface area contributed by atoms with Crippen LogP contribution in [0.1, 0.15) is 0 Å². The third-order valence-corrected chi connectivity index (χ3v) is 6.07. The predicted molar refractivity (Wildman–Crippen MR) is 116 cm³/mol. The van der Waals surface area contributed by atoms with Crippen LogP contribution in [0.5, 0.6) is 0 Å². The number of piperazine rings is 1. The second-order valence-electron chi connectivity index (χ2n) is 7.25. The van der Waals surface area contributed by atoms with E-state index in [0.29, 0.717) is 16.8 Å². The Balaban J connectivity index is 1.55. The zero-order valence-electron chi connectivity index (χ0n) is 16.3. The van der Waals surface area contributed by atoms with Crippen molar-refractivity contribution in [3.05, 3.63) is 53.3 Å². The zero-order valence-corrected chi connectivity index (χ0v) is 17.1. The molecule has 1 aromatic carbocycles. The molecule has 0 amide bonds. The molecular formula is C21H21N5O2S. The van der Waals surface area contributed by atoms with Crippen molar-refractivity contribution in [1.82, 2.24) is 19.3 Å². The van der Waals surface area contributed by atoms with Gasteiger partial charge in [0.15, 0.2) is 5.65 Å². The zero-order chi connectivity index (χ0) is 20.0. The lowest BCUT2D eigenvalue weighted by Gasteiger charge is -2.34. The summed E-state index contributed by atoms with van der Waals surface area (Å²) in [6, 6.07) is 7.94. The van der Waals surface area contributed by atoms with Gasteiger partial charge in [-0.25, -0.2) is 14.8 Å². The van der Waals surface area contributed by atoms with Gasteiger partial charge in [-0.3, -0.25) is 0 Å². The second kappa shape index (κ2) is 7.20. The molecule has 8 heteroatoms. The van der Waals surface area contributed by atoms with E-state index in [1.807, 2.05) is 41.2 Å². The summed E-state index contributed by atoms with van der Waals surface area (Å²) in [6.07, 6.45) is 7.36. The van der Waals surface area contributed by atoms with Crippen LogP contribution in [0.3, 0.4) is 0 Å². The van der Waals surface area contributed by atoms with Gasteiger partial charge in [0.2, 0.25) is 0 Å². The number of aromatic nitrogens is 3. The first-order valence-electron chi connectivity index (χ1n) is 9.52. The number of hydrogen-bond acceptors (Lipinski definition) is 7. The Bertz CT molecular complexity index is 1260. The molecule has 0 N–H and O–H groups in total. The highest BCUT2D eigenvalue weighted by molar-refractivity contribution is 7.98. The van der Waals surface area contributed by atoms with Gasteiger partial charge in [0, 0.05) is 61.9 Å². The fourth-order valence-corrected chi connectivity index (χ4v) is 4.21. The first kappa shape index (κ1) is 18.2. The van der Waals surface area contributed by atoms with Crippen LogP contribution >= 0.6 is 11.8 Å². The van der Waals surface area contributed by atoms with Crippen LogP contribution < -0.4 is 10.5 Å². The van der Waals surface area contributed by atoms with Crippen LogP contribution in [0.15, 0.2) is 57.1 Å². The Labute approximate surface area is 172 Å². The second-order valence-corrected chi connectivity index (χ2v) is 8.05. The van der Waals surface area contributed by atoms with Crippen LogP contribution in [0.4, 0.5) is 5.69 Å². The Hall–Kier alpha value is -2.84. The number of fused-ring (bicyclic) bond motifs is 2. The molecule has 4 heterocycles. The molecule has 0 radical (unpaired) electrons. The number of rotatable bonds is 3. The van der Waals surface area contributed by atoms with Gasteiger partial charge in [0.25, 0.3) is 0 Å². The predicted octanol–water partition coefficient (Wildman–Crippen LogP) is 2.98. The van der Waals surface area contributed by atoms with Gasteiger partial charge < -0.3 is 18.6 Å². The topological polar surface area (TPSA) is 66.9 Å². The lowest BCUT2D eigenvalue weighted by molar-refractivity contribution is 0.313.